The summed E-state index contributed by atoms with van der Waals surface area (Å²) < 4.78 is 0. The van der Waals surface area contributed by atoms with Gasteiger partial charge in [0.15, 0.2) is 0 Å². The van der Waals surface area contributed by atoms with E-state index < -0.39 is 0 Å². The van der Waals surface area contributed by atoms with Gasteiger partial charge in [0.25, 0.3) is 0 Å². The highest BCUT2D eigenvalue weighted by Gasteiger charge is 2.29. The van der Waals surface area contributed by atoms with Crippen molar-refractivity contribution in [3.05, 3.63) is 0 Å². The van der Waals surface area contributed by atoms with E-state index in [1.165, 1.54) is 0 Å². The van der Waals surface area contributed by atoms with Gasteiger partial charge in [-0.3, -0.25) is 0 Å². The number of hydrogen-bond acceptors (Lipinski definition) is 4. The van der Waals surface area contributed by atoms with Crippen LogP contribution in [0.5, 0.6) is 0 Å². The van der Waals surface area contributed by atoms with Crippen LogP contribution in [0.15, 0.2) is 0 Å². The summed E-state index contributed by atoms with van der Waals surface area (Å²) in [6, 6.07) is 0.448. The van der Waals surface area contributed by atoms with Crippen LogP contribution in [0.2, 0.25) is 0 Å². The molecule has 1 rings (SSSR count). The Balaban J connectivity index is 2.45. The van der Waals surface area contributed by atoms with Crippen LogP contribution in [0.25, 0.3) is 0 Å². The van der Waals surface area contributed by atoms with Crippen molar-refractivity contribution in [3.63, 3.8) is 0 Å². The number of nitrogens with zero attached hydrogens (tertiary/aromatic N) is 1. The van der Waals surface area contributed by atoms with Gasteiger partial charge in [-0.2, -0.15) is 0 Å². The maximum absolute atomic E-state index is 9.82. The van der Waals surface area contributed by atoms with Crippen LogP contribution < -0.4 is 5.32 Å². The number of aliphatic hydroxyl groups is 2. The number of rotatable bonds is 7. The molecular weight excluding hydrogens is 228 g/mol. The molecule has 0 radical (unpaired) electrons. The topological polar surface area (TPSA) is 55.7 Å². The third kappa shape index (κ3) is 5.65. The zero-order valence-corrected chi connectivity index (χ0v) is 12.1. The molecule has 108 valence electrons. The monoisotopic (exact) mass is 258 g/mol. The summed E-state index contributed by atoms with van der Waals surface area (Å²) in [7, 11) is 0. The fourth-order valence-corrected chi connectivity index (χ4v) is 2.78. The van der Waals surface area contributed by atoms with Crippen molar-refractivity contribution in [1.82, 2.24) is 10.2 Å². The average molecular weight is 258 g/mol. The molecule has 3 atom stereocenters. The molecule has 1 saturated heterocycles. The Labute approximate surface area is 111 Å². The lowest BCUT2D eigenvalue weighted by molar-refractivity contribution is 0.0433. The van der Waals surface area contributed by atoms with Gasteiger partial charge in [-0.1, -0.05) is 13.8 Å². The molecule has 0 spiro atoms. The van der Waals surface area contributed by atoms with E-state index in [9.17, 15) is 5.11 Å². The van der Waals surface area contributed by atoms with E-state index in [0.717, 1.165) is 39.0 Å². The predicted octanol–water partition coefficient (Wildman–Crippen LogP) is 0.686. The van der Waals surface area contributed by atoms with Crippen LogP contribution in [0, 0.1) is 11.8 Å². The summed E-state index contributed by atoms with van der Waals surface area (Å²) in [5.41, 5.74) is 0. The lowest BCUT2D eigenvalue weighted by Gasteiger charge is -2.40. The third-order valence-electron chi connectivity index (χ3n) is 3.63. The number of aliphatic hydroxyl groups excluding tert-OH is 2. The Morgan fingerprint density at radius 3 is 2.56 bits per heavy atom. The van der Waals surface area contributed by atoms with Gasteiger partial charge in [0, 0.05) is 32.3 Å². The molecule has 0 aromatic rings. The van der Waals surface area contributed by atoms with E-state index in [-0.39, 0.29) is 12.7 Å². The Bertz CT molecular complexity index is 222. The van der Waals surface area contributed by atoms with E-state index >= 15 is 0 Å². The molecule has 0 saturated carbocycles. The highest BCUT2D eigenvalue weighted by atomic mass is 16.3. The van der Waals surface area contributed by atoms with Gasteiger partial charge >= 0.3 is 0 Å². The first-order valence-corrected chi connectivity index (χ1v) is 7.27. The van der Waals surface area contributed by atoms with Crippen molar-refractivity contribution in [2.24, 2.45) is 11.8 Å². The first-order chi connectivity index (χ1) is 8.52. The molecule has 0 aliphatic carbocycles. The van der Waals surface area contributed by atoms with E-state index in [4.69, 9.17) is 5.11 Å². The van der Waals surface area contributed by atoms with Crippen LogP contribution in [-0.4, -0.2) is 60.0 Å². The summed E-state index contributed by atoms with van der Waals surface area (Å²) in [6.45, 7) is 10.6. The zero-order valence-electron chi connectivity index (χ0n) is 12.1. The summed E-state index contributed by atoms with van der Waals surface area (Å²) in [4.78, 5) is 2.46. The number of piperidine rings is 1. The fraction of sp³-hybridized carbons (Fsp3) is 1.00. The number of nitrogens with one attached hydrogen (secondary N) is 1. The second-order valence-electron chi connectivity index (χ2n) is 6.08. The molecule has 0 aromatic carbocycles. The molecule has 0 amide bonds. The van der Waals surface area contributed by atoms with Gasteiger partial charge in [-0.15, -0.1) is 0 Å². The van der Waals surface area contributed by atoms with Crippen molar-refractivity contribution in [3.8, 4) is 0 Å². The molecule has 4 heteroatoms. The Kier molecular flexibility index (Phi) is 7.15. The highest BCUT2D eigenvalue weighted by Crippen LogP contribution is 2.21. The molecule has 18 heavy (non-hydrogen) atoms. The summed E-state index contributed by atoms with van der Waals surface area (Å²) >= 11 is 0. The maximum Gasteiger partial charge on any atom is 0.0553 e. The quantitative estimate of drug-likeness (QED) is 0.588. The molecule has 1 fully saturated rings. The van der Waals surface area contributed by atoms with Gasteiger partial charge in [-0.25, -0.2) is 0 Å². The number of hydrogen-bond donors (Lipinski definition) is 3. The second kappa shape index (κ2) is 8.10. The normalized spacial score (nSPS) is 27.7. The first-order valence-electron chi connectivity index (χ1n) is 7.27. The van der Waals surface area contributed by atoms with E-state index in [1.54, 1.807) is 0 Å². The minimum absolute atomic E-state index is 0.234. The molecular formula is C14H30N2O2. The number of likely N-dealkylation sites (tertiary alicyclic amines) is 1. The molecule has 1 aliphatic rings. The molecule has 0 aromatic heterocycles. The Morgan fingerprint density at radius 2 is 2.00 bits per heavy atom. The van der Waals surface area contributed by atoms with Crippen LogP contribution >= 0.6 is 0 Å². The molecule has 3 N–H and O–H groups in total. The van der Waals surface area contributed by atoms with Crippen molar-refractivity contribution < 1.29 is 10.2 Å². The van der Waals surface area contributed by atoms with Crippen LogP contribution in [0.4, 0.5) is 0 Å². The summed E-state index contributed by atoms with van der Waals surface area (Å²) in [5.74, 6) is 1.03. The van der Waals surface area contributed by atoms with Crippen LogP contribution in [0.1, 0.15) is 33.6 Å². The van der Waals surface area contributed by atoms with Crippen molar-refractivity contribution >= 4 is 0 Å². The smallest absolute Gasteiger partial charge is 0.0553 e. The SMILES string of the molecule is CC(C)CN1CC(NCCCO)CC(C(C)O)C1. The van der Waals surface area contributed by atoms with Gasteiger partial charge in [0.1, 0.15) is 0 Å². The van der Waals surface area contributed by atoms with E-state index in [2.05, 4.69) is 24.1 Å². The Morgan fingerprint density at radius 1 is 1.28 bits per heavy atom. The van der Waals surface area contributed by atoms with E-state index in [0.29, 0.717) is 17.9 Å². The van der Waals surface area contributed by atoms with Gasteiger partial charge in [-0.05, 0) is 38.1 Å². The van der Waals surface area contributed by atoms with Crippen LogP contribution in [0.3, 0.4) is 0 Å². The standard InChI is InChI=1S/C14H30N2O2/c1-11(2)8-16-9-13(12(3)18)7-14(10-16)15-5-4-6-17/h11-15,17-18H,4-10H2,1-3H3. The lowest BCUT2D eigenvalue weighted by atomic mass is 9.89. The van der Waals surface area contributed by atoms with Gasteiger partial charge in [0.2, 0.25) is 0 Å². The molecule has 3 unspecified atom stereocenters. The third-order valence-corrected chi connectivity index (χ3v) is 3.63. The zero-order chi connectivity index (χ0) is 13.5. The molecule has 1 aliphatic heterocycles. The van der Waals surface area contributed by atoms with Gasteiger partial charge in [0.05, 0.1) is 6.10 Å². The lowest BCUT2D eigenvalue weighted by Crippen LogP contribution is -2.52. The minimum Gasteiger partial charge on any atom is -0.396 e. The van der Waals surface area contributed by atoms with Crippen molar-refractivity contribution in [2.75, 3.05) is 32.8 Å². The molecule has 1 heterocycles. The van der Waals surface area contributed by atoms with Crippen LogP contribution in [-0.2, 0) is 0 Å². The minimum atomic E-state index is -0.234. The van der Waals surface area contributed by atoms with E-state index in [1.807, 2.05) is 6.92 Å². The van der Waals surface area contributed by atoms with Crippen molar-refractivity contribution in [1.29, 1.82) is 0 Å². The van der Waals surface area contributed by atoms with Gasteiger partial charge < -0.3 is 20.4 Å². The largest absolute Gasteiger partial charge is 0.396 e. The Hall–Kier alpha value is -0.160. The summed E-state index contributed by atoms with van der Waals surface area (Å²) in [5, 5.41) is 22.1. The fourth-order valence-electron chi connectivity index (χ4n) is 2.78. The van der Waals surface area contributed by atoms with Crippen molar-refractivity contribution in [2.45, 2.75) is 45.8 Å². The molecule has 0 bridgehead atoms. The first kappa shape index (κ1) is 15.9. The summed E-state index contributed by atoms with van der Waals surface area (Å²) in [6.07, 6.45) is 1.61. The maximum atomic E-state index is 9.82. The average Bonchev–Trinajstić information content (AvgIpc) is 2.28. The second-order valence-corrected chi connectivity index (χ2v) is 6.08. The molecule has 4 nitrogen and oxygen atoms in total. The predicted molar refractivity (Wildman–Crippen MR) is 74.6 cm³/mol. The highest BCUT2D eigenvalue weighted by molar-refractivity contribution is 4.85.